The van der Waals surface area contributed by atoms with Crippen LogP contribution in [-0.4, -0.2) is 9.13 Å². The second kappa shape index (κ2) is 14.1. The summed E-state index contributed by atoms with van der Waals surface area (Å²) in [6.45, 7) is 8.34. The zero-order valence-electron chi connectivity index (χ0n) is 30.2. The van der Waals surface area contributed by atoms with Gasteiger partial charge in [-0.1, -0.05) is 141 Å². The fourth-order valence-electron chi connectivity index (χ4n) is 7.78. The first-order valence-corrected chi connectivity index (χ1v) is 18.3. The molecule has 0 spiro atoms. The number of benzene rings is 7. The number of nitrogens with zero attached hydrogens (tertiary/aromatic N) is 2. The van der Waals surface area contributed by atoms with Crippen LogP contribution in [0.3, 0.4) is 0 Å². The van der Waals surface area contributed by atoms with Crippen molar-refractivity contribution in [1.29, 1.82) is 0 Å². The first-order valence-electron chi connectivity index (χ1n) is 18.3. The molecule has 0 bridgehead atoms. The number of hydrogen-bond acceptors (Lipinski definition) is 0. The van der Waals surface area contributed by atoms with E-state index in [4.69, 9.17) is 0 Å². The van der Waals surface area contributed by atoms with E-state index in [-0.39, 0.29) is 0 Å². The van der Waals surface area contributed by atoms with E-state index in [1.54, 1.807) is 0 Å². The Labute approximate surface area is 306 Å². The summed E-state index contributed by atoms with van der Waals surface area (Å²) < 4.78 is 4.87. The van der Waals surface area contributed by atoms with Crippen molar-refractivity contribution in [2.45, 2.75) is 27.7 Å². The summed E-state index contributed by atoms with van der Waals surface area (Å²) in [5.74, 6) is 0. The summed E-state index contributed by atoms with van der Waals surface area (Å²) in [4.78, 5) is 0. The fourth-order valence-corrected chi connectivity index (χ4v) is 7.78. The van der Waals surface area contributed by atoms with E-state index in [0.717, 1.165) is 11.4 Å². The van der Waals surface area contributed by atoms with Gasteiger partial charge >= 0.3 is 0 Å². The van der Waals surface area contributed by atoms with Crippen molar-refractivity contribution < 1.29 is 0 Å². The van der Waals surface area contributed by atoms with E-state index >= 15 is 0 Å². The first-order chi connectivity index (χ1) is 25.7. The Kier molecular flexibility index (Phi) is 8.89. The highest BCUT2D eigenvalue weighted by Crippen LogP contribution is 2.43. The average molecular weight is 671 g/mol. The van der Waals surface area contributed by atoms with Gasteiger partial charge in [0.05, 0.1) is 16.6 Å². The molecule has 9 rings (SSSR count). The highest BCUT2D eigenvalue weighted by molar-refractivity contribution is 6.14. The quantitative estimate of drug-likeness (QED) is 0.167. The zero-order valence-corrected chi connectivity index (χ0v) is 30.2. The van der Waals surface area contributed by atoms with Gasteiger partial charge in [-0.25, -0.2) is 0 Å². The molecular weight excluding hydrogens is 629 g/mol. The van der Waals surface area contributed by atoms with Gasteiger partial charge in [0.15, 0.2) is 0 Å². The van der Waals surface area contributed by atoms with Gasteiger partial charge in [-0.2, -0.15) is 0 Å². The number of hydrogen-bond donors (Lipinski definition) is 0. The predicted molar refractivity (Wildman–Crippen MR) is 225 cm³/mol. The van der Waals surface area contributed by atoms with E-state index in [0.29, 0.717) is 0 Å². The Balaban J connectivity index is 0.00000190. The highest BCUT2D eigenvalue weighted by atomic mass is 15.0. The second-order valence-corrected chi connectivity index (χ2v) is 12.9. The number of para-hydroxylation sites is 5. The van der Waals surface area contributed by atoms with E-state index in [1.165, 1.54) is 77.3 Å². The molecule has 0 unspecified atom stereocenters. The Morgan fingerprint density at radius 3 is 1.52 bits per heavy atom. The molecule has 0 aliphatic rings. The lowest BCUT2D eigenvalue weighted by molar-refractivity contribution is 1.10. The van der Waals surface area contributed by atoms with Gasteiger partial charge in [0.2, 0.25) is 0 Å². The van der Waals surface area contributed by atoms with Crippen LogP contribution in [0.5, 0.6) is 0 Å². The van der Waals surface area contributed by atoms with Gasteiger partial charge < -0.3 is 9.13 Å². The van der Waals surface area contributed by atoms with E-state index in [2.05, 4.69) is 205 Å². The average Bonchev–Trinajstić information content (AvgIpc) is 3.71. The topological polar surface area (TPSA) is 9.86 Å². The molecule has 0 amide bonds. The van der Waals surface area contributed by atoms with Crippen LogP contribution in [0, 0.1) is 6.92 Å². The van der Waals surface area contributed by atoms with Crippen LogP contribution in [0.15, 0.2) is 176 Å². The minimum absolute atomic E-state index is 1.16. The Morgan fingerprint density at radius 1 is 0.423 bits per heavy atom. The normalized spacial score (nSPS) is 11.4. The summed E-state index contributed by atoms with van der Waals surface area (Å²) in [5, 5.41) is 3.77. The van der Waals surface area contributed by atoms with Crippen molar-refractivity contribution in [3.05, 3.63) is 187 Å². The van der Waals surface area contributed by atoms with Crippen molar-refractivity contribution in [3.63, 3.8) is 0 Å². The van der Waals surface area contributed by atoms with Crippen LogP contribution in [0.4, 0.5) is 0 Å². The lowest BCUT2D eigenvalue weighted by Crippen LogP contribution is -1.98. The third-order valence-electron chi connectivity index (χ3n) is 10.00. The number of aryl methyl sites for hydroxylation is 1. The molecule has 7 aromatic carbocycles. The summed E-state index contributed by atoms with van der Waals surface area (Å²) in [5.41, 5.74) is 15.6. The standard InChI is InChI=1S/C48H36N2.C2H6/c1-3-17-45-33(2)40-25-15-26-41(47(40)49(45)38-20-9-5-10-21-38)36-30-35(34-18-7-4-8-19-34)31-37(32-36)42-27-16-28-44-43-24-13-14-29-46(43)50(48(42)44)39-22-11-6-12-23-39;1-2/h3-32H,1-2H3;1-2H3/b17-3-;. The fraction of sp³-hybridized carbons (Fsp3) is 0.0800. The molecule has 252 valence electrons. The van der Waals surface area contributed by atoms with Crippen molar-refractivity contribution in [3.8, 4) is 44.8 Å². The van der Waals surface area contributed by atoms with Crippen LogP contribution < -0.4 is 0 Å². The van der Waals surface area contributed by atoms with Crippen molar-refractivity contribution in [2.24, 2.45) is 0 Å². The molecule has 0 aliphatic heterocycles. The van der Waals surface area contributed by atoms with Gasteiger partial charge in [0, 0.05) is 44.4 Å². The lowest BCUT2D eigenvalue weighted by Gasteiger charge is -2.16. The molecule has 2 nitrogen and oxygen atoms in total. The van der Waals surface area contributed by atoms with Crippen LogP contribution in [-0.2, 0) is 0 Å². The Bertz CT molecular complexity index is 2690. The zero-order chi connectivity index (χ0) is 35.6. The number of aromatic nitrogens is 2. The molecule has 52 heavy (non-hydrogen) atoms. The molecule has 0 saturated heterocycles. The second-order valence-electron chi connectivity index (χ2n) is 12.9. The number of rotatable bonds is 6. The Hall–Kier alpha value is -6.38. The SMILES string of the molecule is C/C=C\c1c(C)c2cccc(-c3cc(-c4ccccc4)cc(-c4cccc5c6ccccc6n(-c6ccccc6)c45)c3)c2n1-c1ccccc1.CC. The molecule has 0 atom stereocenters. The maximum atomic E-state index is 2.43. The van der Waals surface area contributed by atoms with Gasteiger partial charge in [-0.3, -0.25) is 0 Å². The van der Waals surface area contributed by atoms with Crippen LogP contribution in [0.1, 0.15) is 32.0 Å². The monoisotopic (exact) mass is 670 g/mol. The van der Waals surface area contributed by atoms with Crippen molar-refractivity contribution in [2.75, 3.05) is 0 Å². The largest absolute Gasteiger partial charge is 0.309 e. The smallest absolute Gasteiger partial charge is 0.0619 e. The number of fused-ring (bicyclic) bond motifs is 4. The predicted octanol–water partition coefficient (Wildman–Crippen LogP) is 14.1. The molecule has 0 fully saturated rings. The minimum atomic E-state index is 1.16. The van der Waals surface area contributed by atoms with E-state index in [1.807, 2.05) is 13.8 Å². The number of allylic oxidation sites excluding steroid dienone is 1. The molecule has 2 heterocycles. The molecule has 2 heteroatoms. The maximum Gasteiger partial charge on any atom is 0.0619 e. The van der Waals surface area contributed by atoms with Gasteiger partial charge in [0.1, 0.15) is 0 Å². The molecule has 0 aliphatic carbocycles. The van der Waals surface area contributed by atoms with Gasteiger partial charge in [0.25, 0.3) is 0 Å². The third-order valence-corrected chi connectivity index (χ3v) is 10.00. The molecular formula is C50H42N2. The summed E-state index contributed by atoms with van der Waals surface area (Å²) in [6.07, 6.45) is 4.38. The van der Waals surface area contributed by atoms with Gasteiger partial charge in [-0.15, -0.1) is 0 Å². The Morgan fingerprint density at radius 2 is 0.904 bits per heavy atom. The first kappa shape index (κ1) is 32.8. The molecule has 0 N–H and O–H groups in total. The lowest BCUT2D eigenvalue weighted by atomic mass is 9.91. The molecule has 0 radical (unpaired) electrons. The summed E-state index contributed by atoms with van der Waals surface area (Å²) in [7, 11) is 0. The van der Waals surface area contributed by atoms with Crippen molar-refractivity contribution >= 4 is 38.8 Å². The maximum absolute atomic E-state index is 2.43. The minimum Gasteiger partial charge on any atom is -0.309 e. The molecule has 9 aromatic rings. The van der Waals surface area contributed by atoms with Crippen molar-refractivity contribution in [1.82, 2.24) is 9.13 Å². The highest BCUT2D eigenvalue weighted by Gasteiger charge is 2.21. The van der Waals surface area contributed by atoms with Crippen LogP contribution >= 0.6 is 0 Å². The molecule has 2 aromatic heterocycles. The third kappa shape index (κ3) is 5.54. The van der Waals surface area contributed by atoms with E-state index in [9.17, 15) is 0 Å². The van der Waals surface area contributed by atoms with Crippen LogP contribution in [0.2, 0.25) is 0 Å². The van der Waals surface area contributed by atoms with E-state index < -0.39 is 0 Å². The molecule has 0 saturated carbocycles. The van der Waals surface area contributed by atoms with Crippen LogP contribution in [0.25, 0.3) is 83.5 Å². The summed E-state index contributed by atoms with van der Waals surface area (Å²) >= 11 is 0. The van der Waals surface area contributed by atoms with Gasteiger partial charge in [-0.05, 0) is 96.3 Å². The summed E-state index contributed by atoms with van der Waals surface area (Å²) in [6, 6.07) is 61.7.